The topological polar surface area (TPSA) is 12.4 Å². The molecule has 2 rings (SSSR count). The molecule has 0 aromatic heterocycles. The first-order valence-corrected chi connectivity index (χ1v) is 5.78. The average Bonchev–Trinajstić information content (AvgIpc) is 2.78. The first-order valence-electron chi connectivity index (χ1n) is 4.80. The van der Waals surface area contributed by atoms with Crippen molar-refractivity contribution in [2.45, 2.75) is 12.8 Å². The monoisotopic (exact) mass is 205 g/mol. The average molecular weight is 205 g/mol. The van der Waals surface area contributed by atoms with Gasteiger partial charge in [0.05, 0.1) is 0 Å². The molecule has 0 atom stereocenters. The van der Waals surface area contributed by atoms with E-state index in [0.29, 0.717) is 0 Å². The largest absolute Gasteiger partial charge is 0.275 e. The minimum absolute atomic E-state index is 0.977. The Kier molecular flexibility index (Phi) is 6.16. The number of aryl methyl sites for hydroxylation is 1. The molecule has 0 saturated carbocycles. The summed E-state index contributed by atoms with van der Waals surface area (Å²) < 4.78 is 0. The minimum atomic E-state index is 0.977. The molecule has 74 valence electrons. The SMILES string of the molecule is [CH2]CCc1ccccc1.[C]1=NCCS1. The molecule has 1 nitrogen and oxygen atoms in total. The number of hydrogen-bond donors (Lipinski definition) is 0. The van der Waals surface area contributed by atoms with Gasteiger partial charge < -0.3 is 0 Å². The Balaban J connectivity index is 0.000000165. The van der Waals surface area contributed by atoms with Crippen LogP contribution in [0.5, 0.6) is 0 Å². The van der Waals surface area contributed by atoms with Gasteiger partial charge in [0, 0.05) is 12.3 Å². The van der Waals surface area contributed by atoms with Gasteiger partial charge in [0.1, 0.15) is 5.55 Å². The quantitative estimate of drug-likeness (QED) is 0.722. The highest BCUT2D eigenvalue weighted by atomic mass is 32.2. The number of rotatable bonds is 2. The van der Waals surface area contributed by atoms with E-state index in [9.17, 15) is 0 Å². The molecule has 0 amide bonds. The van der Waals surface area contributed by atoms with Gasteiger partial charge in [-0.3, -0.25) is 4.99 Å². The molecule has 1 aliphatic rings. The van der Waals surface area contributed by atoms with Gasteiger partial charge in [0.15, 0.2) is 0 Å². The Labute approximate surface area is 90.6 Å². The zero-order chi connectivity index (χ0) is 10.1. The molecule has 1 aliphatic heterocycles. The molecular weight excluding hydrogens is 190 g/mol. The summed E-state index contributed by atoms with van der Waals surface area (Å²) in [6.45, 7) is 4.76. The predicted octanol–water partition coefficient (Wildman–Crippen LogP) is 3.09. The lowest BCUT2D eigenvalue weighted by Crippen LogP contribution is -1.79. The fraction of sp³-hybridized carbons (Fsp3) is 0.333. The van der Waals surface area contributed by atoms with Crippen molar-refractivity contribution in [1.82, 2.24) is 0 Å². The van der Waals surface area contributed by atoms with E-state index in [-0.39, 0.29) is 0 Å². The van der Waals surface area contributed by atoms with Crippen LogP contribution in [0.1, 0.15) is 12.0 Å². The van der Waals surface area contributed by atoms with Crippen LogP contribution >= 0.6 is 11.8 Å². The Bertz CT molecular complexity index is 250. The highest BCUT2D eigenvalue weighted by molar-refractivity contribution is 8.12. The van der Waals surface area contributed by atoms with Crippen molar-refractivity contribution >= 4 is 17.3 Å². The molecule has 0 unspecified atom stereocenters. The lowest BCUT2D eigenvalue weighted by atomic mass is 10.1. The summed E-state index contributed by atoms with van der Waals surface area (Å²) in [6.07, 6.45) is 2.09. The van der Waals surface area contributed by atoms with Gasteiger partial charge in [-0.05, 0) is 18.4 Å². The van der Waals surface area contributed by atoms with Crippen molar-refractivity contribution in [3.05, 3.63) is 42.8 Å². The Morgan fingerprint density at radius 1 is 1.36 bits per heavy atom. The number of thioether (sulfide) groups is 1. The first-order chi connectivity index (χ1) is 6.93. The molecule has 1 heterocycles. The van der Waals surface area contributed by atoms with E-state index in [0.717, 1.165) is 25.1 Å². The van der Waals surface area contributed by atoms with Crippen LogP contribution in [0.2, 0.25) is 0 Å². The molecule has 0 aliphatic carbocycles. The van der Waals surface area contributed by atoms with Crippen molar-refractivity contribution in [2.24, 2.45) is 4.99 Å². The number of aliphatic imine (C=N–C) groups is 1. The maximum atomic E-state index is 3.80. The van der Waals surface area contributed by atoms with Gasteiger partial charge in [-0.25, -0.2) is 0 Å². The third kappa shape index (κ3) is 5.07. The highest BCUT2D eigenvalue weighted by Gasteiger charge is 1.87. The summed E-state index contributed by atoms with van der Waals surface area (Å²) in [7, 11) is 0. The van der Waals surface area contributed by atoms with Crippen molar-refractivity contribution in [3.8, 4) is 0 Å². The van der Waals surface area contributed by atoms with Crippen LogP contribution in [0, 0.1) is 6.92 Å². The van der Waals surface area contributed by atoms with Gasteiger partial charge in [-0.2, -0.15) is 0 Å². The molecule has 1 aromatic rings. The maximum absolute atomic E-state index is 3.80. The van der Waals surface area contributed by atoms with Crippen LogP contribution in [-0.2, 0) is 6.42 Å². The lowest BCUT2D eigenvalue weighted by molar-refractivity contribution is 1.000. The summed E-state index contributed by atoms with van der Waals surface area (Å²) in [4.78, 5) is 3.80. The maximum Gasteiger partial charge on any atom is 0.122 e. The van der Waals surface area contributed by atoms with Gasteiger partial charge >= 0.3 is 0 Å². The molecule has 0 N–H and O–H groups in total. The zero-order valence-electron chi connectivity index (χ0n) is 8.28. The van der Waals surface area contributed by atoms with Gasteiger partial charge in [0.25, 0.3) is 0 Å². The van der Waals surface area contributed by atoms with Crippen LogP contribution < -0.4 is 0 Å². The van der Waals surface area contributed by atoms with Crippen LogP contribution in [-0.4, -0.2) is 17.8 Å². The highest BCUT2D eigenvalue weighted by Crippen LogP contribution is 2.00. The molecule has 2 heteroatoms. The van der Waals surface area contributed by atoms with Crippen LogP contribution in [0.25, 0.3) is 0 Å². The third-order valence-corrected chi connectivity index (χ3v) is 2.39. The summed E-state index contributed by atoms with van der Waals surface area (Å²) in [5.74, 6) is 1.14. The van der Waals surface area contributed by atoms with Crippen LogP contribution in [0.3, 0.4) is 0 Å². The number of benzene rings is 1. The molecule has 0 bridgehead atoms. The standard InChI is InChI=1S/C9H11.C3H4NS/c1-2-6-9-7-4-3-5-8-9;1-2-5-3-4-1/h3-5,7-8H,1-2,6H2;1-2H2. The molecule has 1 aromatic carbocycles. The fourth-order valence-electron chi connectivity index (χ4n) is 1.08. The smallest absolute Gasteiger partial charge is 0.122 e. The van der Waals surface area contributed by atoms with Crippen molar-refractivity contribution in [2.75, 3.05) is 12.3 Å². The molecule has 14 heavy (non-hydrogen) atoms. The van der Waals surface area contributed by atoms with Gasteiger partial charge in [-0.15, -0.1) is 11.8 Å². The Morgan fingerprint density at radius 2 is 2.14 bits per heavy atom. The second-order valence-electron chi connectivity index (χ2n) is 2.91. The van der Waals surface area contributed by atoms with E-state index in [1.54, 1.807) is 11.8 Å². The molecular formula is C12H15NS. The Morgan fingerprint density at radius 3 is 2.57 bits per heavy atom. The summed E-state index contributed by atoms with van der Waals surface area (Å²) in [6, 6.07) is 10.4. The summed E-state index contributed by atoms with van der Waals surface area (Å²) in [5.41, 5.74) is 4.15. The zero-order valence-corrected chi connectivity index (χ0v) is 9.09. The first kappa shape index (κ1) is 11.3. The van der Waals surface area contributed by atoms with E-state index in [4.69, 9.17) is 0 Å². The van der Waals surface area contributed by atoms with Crippen molar-refractivity contribution in [1.29, 1.82) is 0 Å². The lowest BCUT2D eigenvalue weighted by Gasteiger charge is -1.93. The van der Waals surface area contributed by atoms with E-state index in [2.05, 4.69) is 41.7 Å². The van der Waals surface area contributed by atoms with Crippen molar-refractivity contribution < 1.29 is 0 Å². The van der Waals surface area contributed by atoms with Crippen molar-refractivity contribution in [3.63, 3.8) is 0 Å². The van der Waals surface area contributed by atoms with Gasteiger partial charge in [-0.1, -0.05) is 37.3 Å². The number of nitrogens with zero attached hydrogens (tertiary/aromatic N) is 1. The van der Waals surface area contributed by atoms with Crippen LogP contribution in [0.15, 0.2) is 35.3 Å². The third-order valence-electron chi connectivity index (χ3n) is 1.74. The minimum Gasteiger partial charge on any atom is -0.275 e. The van der Waals surface area contributed by atoms with E-state index in [1.165, 1.54) is 5.56 Å². The van der Waals surface area contributed by atoms with E-state index >= 15 is 0 Å². The molecule has 2 radical (unpaired) electrons. The molecule has 0 saturated heterocycles. The second kappa shape index (κ2) is 7.63. The van der Waals surface area contributed by atoms with Crippen LogP contribution in [0.4, 0.5) is 0 Å². The molecule has 0 spiro atoms. The van der Waals surface area contributed by atoms with E-state index < -0.39 is 0 Å². The number of hydrogen-bond acceptors (Lipinski definition) is 2. The summed E-state index contributed by atoms with van der Waals surface area (Å²) >= 11 is 1.66. The van der Waals surface area contributed by atoms with E-state index in [1.807, 2.05) is 6.07 Å². The normalized spacial score (nSPS) is 13.5. The summed E-state index contributed by atoms with van der Waals surface area (Å²) in [5, 5.41) is 0. The predicted molar refractivity (Wildman–Crippen MR) is 64.9 cm³/mol. The molecule has 0 fully saturated rings. The second-order valence-corrected chi connectivity index (χ2v) is 3.79. The Hall–Kier alpha value is -0.760. The fourth-order valence-corrected chi connectivity index (χ4v) is 1.53. The van der Waals surface area contributed by atoms with Gasteiger partial charge in [0.2, 0.25) is 0 Å².